The van der Waals surface area contributed by atoms with Gasteiger partial charge in [-0.1, -0.05) is 18.6 Å². The van der Waals surface area contributed by atoms with E-state index < -0.39 is 0 Å². The minimum Gasteiger partial charge on any atom is -0.364 e. The zero-order valence-electron chi connectivity index (χ0n) is 6.18. The molecule has 44 valence electrons. The second-order valence-electron chi connectivity index (χ2n) is 1.79. The van der Waals surface area contributed by atoms with Crippen molar-refractivity contribution >= 4 is 0 Å². The topological polar surface area (TPSA) is 12.9 Å². The van der Waals surface area contributed by atoms with Gasteiger partial charge in [0.25, 0.3) is 0 Å². The van der Waals surface area contributed by atoms with Crippen LogP contribution in [0.3, 0.4) is 0 Å². The van der Waals surface area contributed by atoms with Crippen LogP contribution in [0.1, 0.15) is 11.3 Å². The Kier molecular flexibility index (Phi) is 4.38. The van der Waals surface area contributed by atoms with E-state index in [2.05, 4.69) is 10.9 Å². The first-order valence-electron chi connectivity index (χ1n) is 2.69. The second-order valence-corrected chi connectivity index (χ2v) is 1.79. The molecular formula is C8H6NNa. The number of rotatable bonds is 0. The van der Waals surface area contributed by atoms with Crippen LogP contribution < -0.4 is 29.6 Å². The van der Waals surface area contributed by atoms with Gasteiger partial charge >= 0.3 is 29.6 Å². The van der Waals surface area contributed by atoms with Crippen LogP contribution in [-0.2, 0) is 0 Å². The molecule has 0 bridgehead atoms. The van der Waals surface area contributed by atoms with Gasteiger partial charge < -0.3 is 11.4 Å². The quantitative estimate of drug-likeness (QED) is 0.238. The van der Waals surface area contributed by atoms with Crippen molar-refractivity contribution in [2.75, 3.05) is 0 Å². The van der Waals surface area contributed by atoms with Gasteiger partial charge in [-0.2, -0.15) is 0 Å². The van der Waals surface area contributed by atoms with E-state index in [4.69, 9.17) is 6.42 Å². The zero-order valence-corrected chi connectivity index (χ0v) is 8.18. The second kappa shape index (κ2) is 4.51. The molecule has 0 unspecified atom stereocenters. The van der Waals surface area contributed by atoms with Gasteiger partial charge in [0.05, 0.1) is 0 Å². The fourth-order valence-electron chi connectivity index (χ4n) is 0.617. The molecule has 0 aromatic carbocycles. The summed E-state index contributed by atoms with van der Waals surface area (Å²) in [5.74, 6) is 2.23. The third kappa shape index (κ3) is 2.15. The molecule has 0 N–H and O–H groups in total. The van der Waals surface area contributed by atoms with Crippen LogP contribution in [0.25, 0.3) is 0 Å². The summed E-state index contributed by atoms with van der Waals surface area (Å²) in [4.78, 5) is 3.90. The molecule has 0 saturated carbocycles. The van der Waals surface area contributed by atoms with Crippen molar-refractivity contribution in [3.63, 3.8) is 0 Å². The first-order valence-corrected chi connectivity index (χ1v) is 2.69. The van der Waals surface area contributed by atoms with Gasteiger partial charge in [0.1, 0.15) is 0 Å². The third-order valence-electron chi connectivity index (χ3n) is 1.13. The Hall–Kier alpha value is -0.290. The maximum atomic E-state index is 6.77. The van der Waals surface area contributed by atoms with Crippen LogP contribution in [0.5, 0.6) is 0 Å². The molecule has 1 heterocycles. The van der Waals surface area contributed by atoms with Gasteiger partial charge in [0, 0.05) is 6.20 Å². The molecule has 1 nitrogen and oxygen atoms in total. The average molecular weight is 139 g/mol. The van der Waals surface area contributed by atoms with E-state index in [1.54, 1.807) is 6.20 Å². The molecular weight excluding hydrogens is 133 g/mol. The van der Waals surface area contributed by atoms with Crippen LogP contribution in [0.2, 0.25) is 0 Å². The summed E-state index contributed by atoms with van der Waals surface area (Å²) in [6.45, 7) is 1.91. The van der Waals surface area contributed by atoms with Crippen molar-refractivity contribution in [1.82, 2.24) is 4.98 Å². The first kappa shape index (κ1) is 9.71. The zero-order chi connectivity index (χ0) is 6.69. The fraction of sp³-hybridized carbons (Fsp3) is 0.125. The van der Waals surface area contributed by atoms with Crippen molar-refractivity contribution in [3.8, 4) is 5.92 Å². The number of aryl methyl sites for hydroxylation is 1. The number of pyridine rings is 1. The Balaban J connectivity index is 0.000000810. The minimum atomic E-state index is 0. The van der Waals surface area contributed by atoms with Crippen molar-refractivity contribution in [1.29, 1.82) is 0 Å². The Bertz CT molecular complexity index is 250. The molecule has 0 fully saturated rings. The number of nitrogens with zero attached hydrogens (tertiary/aromatic N) is 1. The largest absolute Gasteiger partial charge is 1.00 e. The number of hydrogen-bond donors (Lipinski definition) is 0. The standard InChI is InChI=1S/C8H6N.Na/c1-3-8-7(2)5-4-6-9-8;/h4-6H,2H3;/q-1;+1. The van der Waals surface area contributed by atoms with Crippen molar-refractivity contribution < 1.29 is 29.6 Å². The fourth-order valence-corrected chi connectivity index (χ4v) is 0.617. The first-order chi connectivity index (χ1) is 4.34. The molecule has 10 heavy (non-hydrogen) atoms. The van der Waals surface area contributed by atoms with Crippen LogP contribution in [-0.4, -0.2) is 4.98 Å². The van der Waals surface area contributed by atoms with Crippen molar-refractivity contribution in [2.45, 2.75) is 6.92 Å². The molecule has 2 heteroatoms. The Labute approximate surface area is 83.2 Å². The van der Waals surface area contributed by atoms with Crippen LogP contribution in [0, 0.1) is 19.3 Å². The van der Waals surface area contributed by atoms with E-state index in [1.165, 1.54) is 0 Å². The maximum absolute atomic E-state index is 6.77. The van der Waals surface area contributed by atoms with Crippen LogP contribution in [0.15, 0.2) is 18.3 Å². The van der Waals surface area contributed by atoms with Gasteiger partial charge in [-0.25, -0.2) is 0 Å². The molecule has 0 saturated heterocycles. The molecule has 1 rings (SSSR count). The van der Waals surface area contributed by atoms with E-state index in [9.17, 15) is 0 Å². The molecule has 1 aromatic rings. The van der Waals surface area contributed by atoms with Gasteiger partial charge in [-0.3, -0.25) is 5.92 Å². The minimum absolute atomic E-state index is 0. The molecule has 0 aliphatic rings. The van der Waals surface area contributed by atoms with Gasteiger partial charge in [-0.15, -0.1) is 0 Å². The number of hydrogen-bond acceptors (Lipinski definition) is 1. The molecule has 0 radical (unpaired) electrons. The monoisotopic (exact) mass is 139 g/mol. The van der Waals surface area contributed by atoms with E-state index in [0.29, 0.717) is 5.69 Å². The summed E-state index contributed by atoms with van der Waals surface area (Å²) < 4.78 is 0. The van der Waals surface area contributed by atoms with E-state index in [1.807, 2.05) is 19.1 Å². The summed E-state index contributed by atoms with van der Waals surface area (Å²) in [5.41, 5.74) is 1.62. The van der Waals surface area contributed by atoms with Crippen molar-refractivity contribution in [3.05, 3.63) is 36.0 Å². The summed E-state index contributed by atoms with van der Waals surface area (Å²) in [5, 5.41) is 0. The predicted octanol–water partition coefficient (Wildman–Crippen LogP) is -1.67. The third-order valence-corrected chi connectivity index (χ3v) is 1.13. The normalized spacial score (nSPS) is 7.60. The molecule has 1 aromatic heterocycles. The number of aromatic nitrogens is 1. The Morgan fingerprint density at radius 1 is 1.60 bits per heavy atom. The van der Waals surface area contributed by atoms with Gasteiger partial charge in [-0.05, 0) is 11.8 Å². The van der Waals surface area contributed by atoms with Crippen LogP contribution in [0.4, 0.5) is 0 Å². The SMILES string of the molecule is [C-]#Cc1ncccc1C.[Na+]. The maximum Gasteiger partial charge on any atom is 1.00 e. The van der Waals surface area contributed by atoms with Gasteiger partial charge in [0.2, 0.25) is 0 Å². The summed E-state index contributed by atoms with van der Waals surface area (Å²) >= 11 is 0. The van der Waals surface area contributed by atoms with Gasteiger partial charge in [0.15, 0.2) is 0 Å². The predicted molar refractivity (Wildman–Crippen MR) is 35.2 cm³/mol. The summed E-state index contributed by atoms with van der Waals surface area (Å²) in [6.07, 6.45) is 8.43. The van der Waals surface area contributed by atoms with E-state index in [0.717, 1.165) is 5.56 Å². The van der Waals surface area contributed by atoms with Crippen LogP contribution >= 0.6 is 0 Å². The molecule has 0 amide bonds. The Morgan fingerprint density at radius 2 is 2.30 bits per heavy atom. The summed E-state index contributed by atoms with van der Waals surface area (Å²) in [6, 6.07) is 3.75. The smallest absolute Gasteiger partial charge is 0.364 e. The molecule has 0 aliphatic heterocycles. The summed E-state index contributed by atoms with van der Waals surface area (Å²) in [7, 11) is 0. The van der Waals surface area contributed by atoms with Crippen molar-refractivity contribution in [2.24, 2.45) is 0 Å². The molecule has 0 atom stereocenters. The van der Waals surface area contributed by atoms with E-state index >= 15 is 0 Å². The molecule has 0 aliphatic carbocycles. The van der Waals surface area contributed by atoms with E-state index in [-0.39, 0.29) is 29.6 Å². The average Bonchev–Trinajstić information content (AvgIpc) is 1.89. The Morgan fingerprint density at radius 3 is 2.70 bits per heavy atom. The molecule has 0 spiro atoms.